The number of halogens is 2. The molecule has 1 aliphatic rings. The Labute approximate surface area is 168 Å². The van der Waals surface area contributed by atoms with E-state index >= 15 is 0 Å². The van der Waals surface area contributed by atoms with Gasteiger partial charge in [0.1, 0.15) is 10.3 Å². The predicted octanol–water partition coefficient (Wildman–Crippen LogP) is 3.01. The van der Waals surface area contributed by atoms with Gasteiger partial charge in [-0.2, -0.15) is 0 Å². The normalized spacial score (nSPS) is 17.1. The number of nitrogens with zero attached hydrogens (tertiary/aromatic N) is 4. The predicted molar refractivity (Wildman–Crippen MR) is 106 cm³/mol. The number of pyridine rings is 2. The molecule has 1 atom stereocenters. The monoisotopic (exact) mass is 448 g/mol. The summed E-state index contributed by atoms with van der Waals surface area (Å²) in [5, 5.41) is 7.57. The summed E-state index contributed by atoms with van der Waals surface area (Å²) in [7, 11) is 0. The molecule has 0 spiro atoms. The van der Waals surface area contributed by atoms with E-state index in [4.69, 9.17) is 10.3 Å². The van der Waals surface area contributed by atoms with E-state index in [9.17, 15) is 9.18 Å². The summed E-state index contributed by atoms with van der Waals surface area (Å²) in [6.07, 6.45) is 3.41. The number of aryl methyl sites for hydroxylation is 1. The van der Waals surface area contributed by atoms with E-state index in [0.29, 0.717) is 23.6 Å². The molecule has 28 heavy (non-hydrogen) atoms. The Hall–Kier alpha value is -2.59. The van der Waals surface area contributed by atoms with Gasteiger partial charge in [-0.1, -0.05) is 5.16 Å². The summed E-state index contributed by atoms with van der Waals surface area (Å²) >= 11 is 3.00. The summed E-state index contributed by atoms with van der Waals surface area (Å²) in [4.78, 5) is 23.0. The van der Waals surface area contributed by atoms with E-state index in [0.717, 1.165) is 30.5 Å². The van der Waals surface area contributed by atoms with Crippen molar-refractivity contribution in [2.24, 2.45) is 5.73 Å². The van der Waals surface area contributed by atoms with Gasteiger partial charge in [0.25, 0.3) is 11.6 Å². The molecular formula is C18H18BrFN6O2. The van der Waals surface area contributed by atoms with Crippen LogP contribution in [-0.2, 0) is 0 Å². The zero-order chi connectivity index (χ0) is 19.8. The Kier molecular flexibility index (Phi) is 4.98. The van der Waals surface area contributed by atoms with Crippen LogP contribution in [0.4, 0.5) is 15.8 Å². The minimum absolute atomic E-state index is 0.0224. The average molecular weight is 449 g/mol. The first-order chi connectivity index (χ1) is 13.4. The van der Waals surface area contributed by atoms with Crippen LogP contribution in [0.25, 0.3) is 11.1 Å². The van der Waals surface area contributed by atoms with E-state index in [-0.39, 0.29) is 16.3 Å². The van der Waals surface area contributed by atoms with Gasteiger partial charge in [0.15, 0.2) is 5.82 Å². The van der Waals surface area contributed by atoms with Crippen LogP contribution in [0.5, 0.6) is 0 Å². The lowest BCUT2D eigenvalue weighted by Gasteiger charge is -2.34. The van der Waals surface area contributed by atoms with E-state index < -0.39 is 11.7 Å². The molecule has 1 aliphatic heterocycles. The van der Waals surface area contributed by atoms with Gasteiger partial charge in [0, 0.05) is 19.1 Å². The third kappa shape index (κ3) is 3.45. The zero-order valence-electron chi connectivity index (χ0n) is 15.1. The molecule has 3 aromatic rings. The lowest BCUT2D eigenvalue weighted by Crippen LogP contribution is -2.43. The minimum atomic E-state index is -0.539. The highest BCUT2D eigenvalue weighted by Gasteiger charge is 2.26. The van der Waals surface area contributed by atoms with Crippen molar-refractivity contribution < 1.29 is 13.7 Å². The lowest BCUT2D eigenvalue weighted by molar-refractivity contribution is 0.102. The molecule has 0 unspecified atom stereocenters. The fourth-order valence-corrected chi connectivity index (χ4v) is 3.72. The van der Waals surface area contributed by atoms with Gasteiger partial charge in [0.05, 0.1) is 28.7 Å². The highest BCUT2D eigenvalue weighted by Crippen LogP contribution is 2.37. The average Bonchev–Trinajstić information content (AvgIpc) is 3.05. The molecule has 1 saturated heterocycles. The van der Waals surface area contributed by atoms with Gasteiger partial charge < -0.3 is 20.5 Å². The van der Waals surface area contributed by atoms with Crippen LogP contribution in [-0.4, -0.2) is 40.2 Å². The van der Waals surface area contributed by atoms with Gasteiger partial charge in [-0.05, 0) is 47.8 Å². The summed E-state index contributed by atoms with van der Waals surface area (Å²) < 4.78 is 18.7. The standard InChI is InChI=1S/C18H18BrFN6O2/c1-9-14-15(26-6-2-3-10(21)8-26)13(7-22-18(14)28-25-9)24-17(27)12-5-4-11(20)16(19)23-12/h4-5,7,10H,2-3,6,8,21H2,1H3,(H,24,27)/t10-/m0/s1. The van der Waals surface area contributed by atoms with Gasteiger partial charge >= 0.3 is 0 Å². The number of aromatic nitrogens is 3. The van der Waals surface area contributed by atoms with Crippen LogP contribution in [0.15, 0.2) is 27.5 Å². The number of nitrogens with one attached hydrogen (secondary N) is 1. The van der Waals surface area contributed by atoms with E-state index in [1.165, 1.54) is 18.3 Å². The number of rotatable bonds is 3. The fraction of sp³-hybridized carbons (Fsp3) is 0.333. The Bertz CT molecular complexity index is 1060. The lowest BCUT2D eigenvalue weighted by atomic mass is 10.0. The fourth-order valence-electron chi connectivity index (χ4n) is 3.40. The molecular weight excluding hydrogens is 431 g/mol. The second-order valence-electron chi connectivity index (χ2n) is 6.74. The van der Waals surface area contributed by atoms with Crippen molar-refractivity contribution >= 4 is 44.3 Å². The summed E-state index contributed by atoms with van der Waals surface area (Å²) in [6, 6.07) is 2.54. The van der Waals surface area contributed by atoms with Gasteiger partial charge in [0.2, 0.25) is 0 Å². The summed E-state index contributed by atoms with van der Waals surface area (Å²) in [6.45, 7) is 3.26. The van der Waals surface area contributed by atoms with Crippen molar-refractivity contribution in [3.05, 3.63) is 40.1 Å². The SMILES string of the molecule is Cc1noc2ncc(NC(=O)c3ccc(F)c(Br)n3)c(N3CCC[C@H](N)C3)c12. The van der Waals surface area contributed by atoms with Crippen molar-refractivity contribution in [1.29, 1.82) is 0 Å². The van der Waals surface area contributed by atoms with E-state index in [1.807, 2.05) is 6.92 Å². The highest BCUT2D eigenvalue weighted by molar-refractivity contribution is 9.10. The zero-order valence-corrected chi connectivity index (χ0v) is 16.7. The minimum Gasteiger partial charge on any atom is -0.368 e. The molecule has 4 heterocycles. The molecule has 10 heteroatoms. The number of amides is 1. The molecule has 4 rings (SSSR count). The maximum Gasteiger partial charge on any atom is 0.274 e. The molecule has 0 radical (unpaired) electrons. The smallest absolute Gasteiger partial charge is 0.274 e. The van der Waals surface area contributed by atoms with Gasteiger partial charge in [-0.25, -0.2) is 14.4 Å². The van der Waals surface area contributed by atoms with Crippen LogP contribution in [0.1, 0.15) is 29.0 Å². The van der Waals surface area contributed by atoms with Crippen molar-refractivity contribution in [2.75, 3.05) is 23.3 Å². The molecule has 0 saturated carbocycles. The first-order valence-corrected chi connectivity index (χ1v) is 9.62. The molecule has 3 N–H and O–H groups in total. The molecule has 1 amide bonds. The van der Waals surface area contributed by atoms with Crippen molar-refractivity contribution in [2.45, 2.75) is 25.8 Å². The molecule has 0 bridgehead atoms. The van der Waals surface area contributed by atoms with Gasteiger partial charge in [-0.15, -0.1) is 0 Å². The van der Waals surface area contributed by atoms with Crippen molar-refractivity contribution in [3.63, 3.8) is 0 Å². The molecule has 8 nitrogen and oxygen atoms in total. The third-order valence-electron chi connectivity index (χ3n) is 4.71. The number of hydrogen-bond acceptors (Lipinski definition) is 7. The highest BCUT2D eigenvalue weighted by atomic mass is 79.9. The van der Waals surface area contributed by atoms with Crippen LogP contribution >= 0.6 is 15.9 Å². The number of fused-ring (bicyclic) bond motifs is 1. The Balaban J connectivity index is 1.75. The van der Waals surface area contributed by atoms with Gasteiger partial charge in [-0.3, -0.25) is 4.79 Å². The number of hydrogen-bond donors (Lipinski definition) is 2. The van der Waals surface area contributed by atoms with E-state index in [2.05, 4.69) is 41.3 Å². The summed E-state index contributed by atoms with van der Waals surface area (Å²) in [5.41, 5.74) is 8.58. The molecule has 1 fully saturated rings. The number of nitrogens with two attached hydrogens (primary N) is 1. The van der Waals surface area contributed by atoms with Crippen molar-refractivity contribution in [1.82, 2.24) is 15.1 Å². The number of piperidine rings is 1. The summed E-state index contributed by atoms with van der Waals surface area (Å²) in [5.74, 6) is -1.01. The third-order valence-corrected chi connectivity index (χ3v) is 5.26. The second kappa shape index (κ2) is 7.44. The second-order valence-corrected chi connectivity index (χ2v) is 7.49. The largest absolute Gasteiger partial charge is 0.368 e. The Morgan fingerprint density at radius 2 is 2.29 bits per heavy atom. The molecule has 146 valence electrons. The first-order valence-electron chi connectivity index (χ1n) is 8.83. The molecule has 0 aliphatic carbocycles. The Morgan fingerprint density at radius 1 is 1.46 bits per heavy atom. The topological polar surface area (TPSA) is 110 Å². The van der Waals surface area contributed by atoms with Crippen LogP contribution in [0.2, 0.25) is 0 Å². The van der Waals surface area contributed by atoms with Crippen LogP contribution in [0, 0.1) is 12.7 Å². The molecule has 0 aromatic carbocycles. The molecule has 3 aromatic heterocycles. The first kappa shape index (κ1) is 18.8. The van der Waals surface area contributed by atoms with E-state index in [1.54, 1.807) is 0 Å². The maximum absolute atomic E-state index is 13.4. The van der Waals surface area contributed by atoms with Crippen LogP contribution in [0.3, 0.4) is 0 Å². The number of carbonyl (C=O) groups is 1. The van der Waals surface area contributed by atoms with Crippen LogP contribution < -0.4 is 16.0 Å². The maximum atomic E-state index is 13.4. The number of anilines is 2. The quantitative estimate of drug-likeness (QED) is 0.592. The number of carbonyl (C=O) groups excluding carboxylic acids is 1. The van der Waals surface area contributed by atoms with Crippen molar-refractivity contribution in [3.8, 4) is 0 Å². The Morgan fingerprint density at radius 3 is 3.04 bits per heavy atom.